The average molecular weight is 380 g/mol. The molecule has 2 aliphatic rings. The zero-order chi connectivity index (χ0) is 18.9. The van der Waals surface area contributed by atoms with E-state index in [1.807, 2.05) is 12.1 Å². The van der Waals surface area contributed by atoms with Crippen LogP contribution in [0.5, 0.6) is 5.75 Å². The van der Waals surface area contributed by atoms with Gasteiger partial charge in [-0.3, -0.25) is 0 Å². The van der Waals surface area contributed by atoms with Crippen molar-refractivity contribution >= 4 is 34.1 Å². The SMILES string of the molecule is COc1ccc(N2C(SC)=NC(=Nc3cccc(C)c3)C23CCCC3)cc1. The second-order valence-corrected chi connectivity index (χ2v) is 7.92. The topological polar surface area (TPSA) is 37.2 Å². The highest BCUT2D eigenvalue weighted by Gasteiger charge is 2.50. The van der Waals surface area contributed by atoms with E-state index >= 15 is 0 Å². The van der Waals surface area contributed by atoms with Crippen LogP contribution in [-0.4, -0.2) is 29.9 Å². The van der Waals surface area contributed by atoms with Gasteiger partial charge < -0.3 is 9.64 Å². The Bertz CT molecular complexity index is 883. The first-order chi connectivity index (χ1) is 13.2. The van der Waals surface area contributed by atoms with Crippen LogP contribution in [0.15, 0.2) is 58.5 Å². The third kappa shape index (κ3) is 3.25. The summed E-state index contributed by atoms with van der Waals surface area (Å²) in [5.74, 6) is 1.82. The van der Waals surface area contributed by atoms with Crippen LogP contribution in [0, 0.1) is 6.92 Å². The van der Waals surface area contributed by atoms with Crippen molar-refractivity contribution in [3.63, 3.8) is 0 Å². The number of benzene rings is 2. The number of rotatable bonds is 3. The number of ether oxygens (including phenoxy) is 1. The summed E-state index contributed by atoms with van der Waals surface area (Å²) >= 11 is 1.69. The first-order valence-electron chi connectivity index (χ1n) is 9.39. The van der Waals surface area contributed by atoms with Crippen LogP contribution in [0.4, 0.5) is 11.4 Å². The molecule has 140 valence electrons. The summed E-state index contributed by atoms with van der Waals surface area (Å²) in [6.07, 6.45) is 6.66. The molecule has 2 aromatic rings. The summed E-state index contributed by atoms with van der Waals surface area (Å²) in [6.45, 7) is 2.10. The van der Waals surface area contributed by atoms with E-state index in [2.05, 4.69) is 54.5 Å². The van der Waals surface area contributed by atoms with E-state index in [9.17, 15) is 0 Å². The Kier molecular flexibility index (Phi) is 4.96. The molecule has 4 rings (SSSR count). The monoisotopic (exact) mass is 379 g/mol. The molecule has 0 bridgehead atoms. The fourth-order valence-electron chi connectivity index (χ4n) is 4.11. The third-order valence-electron chi connectivity index (χ3n) is 5.42. The highest BCUT2D eigenvalue weighted by atomic mass is 32.2. The maximum atomic E-state index is 5.34. The molecule has 2 aromatic carbocycles. The fourth-order valence-corrected chi connectivity index (χ4v) is 4.75. The van der Waals surface area contributed by atoms with Gasteiger partial charge in [-0.1, -0.05) is 36.7 Å². The molecular formula is C22H25N3OS. The summed E-state index contributed by atoms with van der Waals surface area (Å²) < 4.78 is 5.34. The molecule has 0 saturated heterocycles. The van der Waals surface area contributed by atoms with Crippen LogP contribution < -0.4 is 9.64 Å². The highest BCUT2D eigenvalue weighted by molar-refractivity contribution is 8.13. The van der Waals surface area contributed by atoms with E-state index in [4.69, 9.17) is 14.7 Å². The summed E-state index contributed by atoms with van der Waals surface area (Å²) in [6, 6.07) is 16.6. The normalized spacial score (nSPS) is 19.7. The molecule has 1 fully saturated rings. The molecule has 27 heavy (non-hydrogen) atoms. The molecule has 0 amide bonds. The Morgan fingerprint density at radius 3 is 2.48 bits per heavy atom. The second-order valence-electron chi connectivity index (χ2n) is 7.15. The Morgan fingerprint density at radius 1 is 1.11 bits per heavy atom. The van der Waals surface area contributed by atoms with E-state index in [0.717, 1.165) is 41.0 Å². The lowest BCUT2D eigenvalue weighted by atomic mass is 9.94. The van der Waals surface area contributed by atoms with Gasteiger partial charge in [0.05, 0.1) is 12.8 Å². The van der Waals surface area contributed by atoms with Crippen LogP contribution >= 0.6 is 11.8 Å². The van der Waals surface area contributed by atoms with Gasteiger partial charge in [0.1, 0.15) is 11.3 Å². The van der Waals surface area contributed by atoms with Crippen molar-refractivity contribution in [2.75, 3.05) is 18.3 Å². The zero-order valence-corrected chi connectivity index (χ0v) is 16.9. The largest absolute Gasteiger partial charge is 0.497 e. The first kappa shape index (κ1) is 18.1. The van der Waals surface area contributed by atoms with Gasteiger partial charge in [-0.15, -0.1) is 0 Å². The second kappa shape index (κ2) is 7.39. The molecule has 5 heteroatoms. The molecule has 0 unspecified atom stereocenters. The minimum absolute atomic E-state index is 0.142. The van der Waals surface area contributed by atoms with Crippen molar-refractivity contribution in [1.29, 1.82) is 0 Å². The summed E-state index contributed by atoms with van der Waals surface area (Å²) in [5.41, 5.74) is 3.21. The predicted molar refractivity (Wildman–Crippen MR) is 116 cm³/mol. The Morgan fingerprint density at radius 2 is 1.85 bits per heavy atom. The standard InChI is InChI=1S/C22H25N3OS/c1-16-7-6-8-17(15-16)23-20-22(13-4-5-14-22)25(21(24-20)27-3)18-9-11-19(26-2)12-10-18/h6-12,15H,4-5,13-14H2,1-3H3. The van der Waals surface area contributed by atoms with Crippen LogP contribution in [0.3, 0.4) is 0 Å². The number of nitrogens with zero attached hydrogens (tertiary/aromatic N) is 3. The number of aliphatic imine (C=N–C) groups is 2. The van der Waals surface area contributed by atoms with E-state index in [0.29, 0.717) is 0 Å². The molecule has 0 radical (unpaired) electrons. The van der Waals surface area contributed by atoms with Gasteiger partial charge in [0.25, 0.3) is 0 Å². The van der Waals surface area contributed by atoms with Crippen LogP contribution in [0.2, 0.25) is 0 Å². The van der Waals surface area contributed by atoms with Crippen LogP contribution in [0.1, 0.15) is 31.2 Å². The lowest BCUT2D eigenvalue weighted by Crippen LogP contribution is -2.49. The van der Waals surface area contributed by atoms with Crippen molar-refractivity contribution in [3.05, 3.63) is 54.1 Å². The van der Waals surface area contributed by atoms with Crippen molar-refractivity contribution in [1.82, 2.24) is 0 Å². The van der Waals surface area contributed by atoms with Crippen molar-refractivity contribution < 1.29 is 4.74 Å². The summed E-state index contributed by atoms with van der Waals surface area (Å²) in [4.78, 5) is 12.4. The van der Waals surface area contributed by atoms with Gasteiger partial charge in [0.2, 0.25) is 0 Å². The number of anilines is 1. The van der Waals surface area contributed by atoms with E-state index in [1.165, 1.54) is 18.4 Å². The van der Waals surface area contributed by atoms with Crippen molar-refractivity contribution in [2.45, 2.75) is 38.1 Å². The molecule has 1 spiro atoms. The fraction of sp³-hybridized carbons (Fsp3) is 0.364. The van der Waals surface area contributed by atoms with Gasteiger partial charge in [-0.25, -0.2) is 9.98 Å². The Balaban J connectivity index is 1.80. The number of aryl methyl sites for hydroxylation is 1. The highest BCUT2D eigenvalue weighted by Crippen LogP contribution is 2.45. The van der Waals surface area contributed by atoms with Crippen LogP contribution in [-0.2, 0) is 0 Å². The van der Waals surface area contributed by atoms with E-state index < -0.39 is 0 Å². The molecular weight excluding hydrogens is 354 g/mol. The lowest BCUT2D eigenvalue weighted by Gasteiger charge is -2.36. The molecule has 1 aliphatic carbocycles. The first-order valence-corrected chi connectivity index (χ1v) is 10.6. The third-order valence-corrected chi connectivity index (χ3v) is 6.06. The molecule has 0 N–H and O–H groups in total. The molecule has 1 heterocycles. The Labute approximate surface area is 165 Å². The number of amidine groups is 2. The molecule has 1 saturated carbocycles. The lowest BCUT2D eigenvalue weighted by molar-refractivity contribution is 0.415. The molecule has 1 aliphatic heterocycles. The van der Waals surface area contributed by atoms with Gasteiger partial charge in [0.15, 0.2) is 11.0 Å². The van der Waals surface area contributed by atoms with Crippen molar-refractivity contribution in [2.24, 2.45) is 9.98 Å². The van der Waals surface area contributed by atoms with Crippen LogP contribution in [0.25, 0.3) is 0 Å². The van der Waals surface area contributed by atoms with Crippen molar-refractivity contribution in [3.8, 4) is 5.75 Å². The minimum Gasteiger partial charge on any atom is -0.497 e. The predicted octanol–water partition coefficient (Wildman–Crippen LogP) is 5.59. The maximum absolute atomic E-state index is 5.34. The van der Waals surface area contributed by atoms with E-state index in [1.54, 1.807) is 18.9 Å². The van der Waals surface area contributed by atoms with Gasteiger partial charge in [-0.2, -0.15) is 0 Å². The zero-order valence-electron chi connectivity index (χ0n) is 16.1. The van der Waals surface area contributed by atoms with Gasteiger partial charge in [-0.05, 0) is 68.0 Å². The number of thioether (sulfide) groups is 1. The average Bonchev–Trinajstić information content (AvgIpc) is 3.28. The Hall–Kier alpha value is -2.27. The maximum Gasteiger partial charge on any atom is 0.170 e. The van der Waals surface area contributed by atoms with Gasteiger partial charge in [0, 0.05) is 5.69 Å². The quantitative estimate of drug-likeness (QED) is 0.698. The number of hydrogen-bond donors (Lipinski definition) is 0. The van der Waals surface area contributed by atoms with Gasteiger partial charge >= 0.3 is 0 Å². The smallest absolute Gasteiger partial charge is 0.170 e. The summed E-state index contributed by atoms with van der Waals surface area (Å²) in [7, 11) is 1.70. The molecule has 4 nitrogen and oxygen atoms in total. The number of methoxy groups -OCH3 is 1. The molecule has 0 atom stereocenters. The molecule has 0 aromatic heterocycles. The number of hydrogen-bond acceptors (Lipinski definition) is 4. The minimum atomic E-state index is -0.142. The summed E-state index contributed by atoms with van der Waals surface area (Å²) in [5, 5.41) is 1.02. The van der Waals surface area contributed by atoms with E-state index in [-0.39, 0.29) is 5.54 Å².